The van der Waals surface area contributed by atoms with Crippen molar-refractivity contribution in [3.05, 3.63) is 52.0 Å². The van der Waals surface area contributed by atoms with Crippen LogP contribution in [0.1, 0.15) is 0 Å². The first-order valence-corrected chi connectivity index (χ1v) is 7.46. The molecule has 0 fully saturated rings. The van der Waals surface area contributed by atoms with E-state index in [0.29, 0.717) is 21.6 Å². The molecule has 3 rings (SSSR count). The molecule has 4 nitrogen and oxygen atoms in total. The van der Waals surface area contributed by atoms with Gasteiger partial charge in [-0.15, -0.1) is 0 Å². The van der Waals surface area contributed by atoms with Crippen LogP contribution in [0.15, 0.2) is 41.1 Å². The zero-order valence-electron chi connectivity index (χ0n) is 11.4. The van der Waals surface area contributed by atoms with Crippen LogP contribution in [0.5, 0.6) is 5.75 Å². The summed E-state index contributed by atoms with van der Waals surface area (Å²) in [4.78, 5) is 8.35. The third kappa shape index (κ3) is 2.71. The first-order valence-electron chi connectivity index (χ1n) is 6.29. The molecule has 0 aliphatic carbocycles. The van der Waals surface area contributed by atoms with Gasteiger partial charge in [0.05, 0.1) is 23.3 Å². The zero-order valence-corrected chi connectivity index (χ0v) is 13.7. The molecule has 1 heterocycles. The van der Waals surface area contributed by atoms with Crippen LogP contribution in [0.4, 0.5) is 15.9 Å². The minimum absolute atomic E-state index is 0.0185. The number of benzene rings is 2. The average Bonchev–Trinajstić information content (AvgIpc) is 2.55. The van der Waals surface area contributed by atoms with Crippen molar-refractivity contribution < 1.29 is 9.13 Å². The van der Waals surface area contributed by atoms with E-state index in [1.54, 1.807) is 31.4 Å². The second-order valence-corrected chi connectivity index (χ2v) is 5.69. The maximum Gasteiger partial charge on any atom is 0.166 e. The minimum Gasteiger partial charge on any atom is -0.497 e. The van der Waals surface area contributed by atoms with Crippen LogP contribution >= 0.6 is 27.5 Å². The van der Waals surface area contributed by atoms with Crippen LogP contribution in [0.2, 0.25) is 5.02 Å². The van der Waals surface area contributed by atoms with E-state index in [-0.39, 0.29) is 10.7 Å². The Morgan fingerprint density at radius 3 is 2.82 bits per heavy atom. The molecule has 0 saturated carbocycles. The number of fused-ring (bicyclic) bond motifs is 1. The number of ether oxygens (including phenoxy) is 1. The fraction of sp³-hybridized carbons (Fsp3) is 0.0667. The van der Waals surface area contributed by atoms with E-state index >= 15 is 0 Å². The van der Waals surface area contributed by atoms with Gasteiger partial charge in [0.15, 0.2) is 5.82 Å². The number of methoxy groups -OCH3 is 1. The minimum atomic E-state index is -0.545. The van der Waals surface area contributed by atoms with Crippen molar-refractivity contribution in [1.29, 1.82) is 0 Å². The van der Waals surface area contributed by atoms with Crippen molar-refractivity contribution in [1.82, 2.24) is 9.97 Å². The van der Waals surface area contributed by atoms with Gasteiger partial charge in [-0.2, -0.15) is 0 Å². The third-order valence-corrected chi connectivity index (χ3v) is 4.39. The van der Waals surface area contributed by atoms with E-state index in [2.05, 4.69) is 31.2 Å². The standard InChI is InChI=1S/C15H10BrClFN3O/c1-22-8-2-3-9-12(6-8)19-7-20-15(9)21-11-5-4-10(16)13(17)14(11)18/h2-7H,1H3,(H,19,20,21). The molecule has 0 bridgehead atoms. The first kappa shape index (κ1) is 15.0. The van der Waals surface area contributed by atoms with Crippen molar-refractivity contribution >= 4 is 49.9 Å². The summed E-state index contributed by atoms with van der Waals surface area (Å²) >= 11 is 9.08. The Hall–Kier alpha value is -1.92. The van der Waals surface area contributed by atoms with Crippen LogP contribution in [0.3, 0.4) is 0 Å². The molecule has 0 amide bonds. The van der Waals surface area contributed by atoms with Gasteiger partial charge >= 0.3 is 0 Å². The number of hydrogen-bond donors (Lipinski definition) is 1. The number of anilines is 2. The molecule has 1 aromatic heterocycles. The van der Waals surface area contributed by atoms with Crippen LogP contribution in [-0.4, -0.2) is 17.1 Å². The summed E-state index contributed by atoms with van der Waals surface area (Å²) in [6.07, 6.45) is 1.41. The predicted molar refractivity (Wildman–Crippen MR) is 88.5 cm³/mol. The van der Waals surface area contributed by atoms with Gasteiger partial charge in [-0.3, -0.25) is 0 Å². The van der Waals surface area contributed by atoms with Crippen LogP contribution in [-0.2, 0) is 0 Å². The normalized spacial score (nSPS) is 10.7. The summed E-state index contributed by atoms with van der Waals surface area (Å²) in [5.41, 5.74) is 0.935. The monoisotopic (exact) mass is 381 g/mol. The zero-order chi connectivity index (χ0) is 15.7. The highest BCUT2D eigenvalue weighted by Crippen LogP contribution is 2.33. The molecule has 22 heavy (non-hydrogen) atoms. The summed E-state index contributed by atoms with van der Waals surface area (Å²) in [6, 6.07) is 8.65. The smallest absolute Gasteiger partial charge is 0.166 e. The maximum absolute atomic E-state index is 14.2. The Balaban J connectivity index is 2.06. The average molecular weight is 383 g/mol. The van der Waals surface area contributed by atoms with Gasteiger partial charge in [0.1, 0.15) is 17.9 Å². The lowest BCUT2D eigenvalue weighted by atomic mass is 10.2. The number of hydrogen-bond acceptors (Lipinski definition) is 4. The molecule has 0 atom stereocenters. The van der Waals surface area contributed by atoms with E-state index in [1.165, 1.54) is 6.33 Å². The number of nitrogens with zero attached hydrogens (tertiary/aromatic N) is 2. The molecule has 0 aliphatic heterocycles. The highest BCUT2D eigenvalue weighted by atomic mass is 79.9. The topological polar surface area (TPSA) is 47.0 Å². The fourth-order valence-corrected chi connectivity index (χ4v) is 2.48. The summed E-state index contributed by atoms with van der Waals surface area (Å²) in [5.74, 6) is 0.635. The SMILES string of the molecule is COc1ccc2c(Nc3ccc(Br)c(Cl)c3F)ncnc2c1. The lowest BCUT2D eigenvalue weighted by Crippen LogP contribution is -1.99. The highest BCUT2D eigenvalue weighted by molar-refractivity contribution is 9.10. The number of nitrogens with one attached hydrogen (secondary N) is 1. The summed E-state index contributed by atoms with van der Waals surface area (Å²) in [5, 5.41) is 3.72. The van der Waals surface area contributed by atoms with Gasteiger partial charge in [-0.05, 0) is 40.2 Å². The van der Waals surface area contributed by atoms with E-state index < -0.39 is 5.82 Å². The second kappa shape index (κ2) is 6.06. The molecule has 1 N–H and O–H groups in total. The van der Waals surface area contributed by atoms with E-state index in [9.17, 15) is 4.39 Å². The van der Waals surface area contributed by atoms with Gasteiger partial charge in [0.2, 0.25) is 0 Å². The van der Waals surface area contributed by atoms with Crippen molar-refractivity contribution in [2.24, 2.45) is 0 Å². The molecule has 0 radical (unpaired) electrons. The van der Waals surface area contributed by atoms with Crippen molar-refractivity contribution in [2.45, 2.75) is 0 Å². The first-order chi connectivity index (χ1) is 10.6. The number of halogens is 3. The lowest BCUT2D eigenvalue weighted by molar-refractivity contribution is 0.415. The molecule has 0 saturated heterocycles. The maximum atomic E-state index is 14.2. The van der Waals surface area contributed by atoms with Gasteiger partial charge in [-0.25, -0.2) is 14.4 Å². The van der Waals surface area contributed by atoms with Gasteiger partial charge in [-0.1, -0.05) is 11.6 Å². The fourth-order valence-electron chi connectivity index (χ4n) is 2.01. The molecule has 0 aliphatic rings. The largest absolute Gasteiger partial charge is 0.497 e. The Kier molecular flexibility index (Phi) is 4.13. The molecule has 0 unspecified atom stereocenters. The lowest BCUT2D eigenvalue weighted by Gasteiger charge is -2.11. The predicted octanol–water partition coefficient (Wildman–Crippen LogP) is 4.94. The molecule has 0 spiro atoms. The van der Waals surface area contributed by atoms with Gasteiger partial charge < -0.3 is 10.1 Å². The highest BCUT2D eigenvalue weighted by Gasteiger charge is 2.12. The summed E-state index contributed by atoms with van der Waals surface area (Å²) in [6.45, 7) is 0. The van der Waals surface area contributed by atoms with Crippen LogP contribution in [0.25, 0.3) is 10.9 Å². The van der Waals surface area contributed by atoms with Gasteiger partial charge in [0, 0.05) is 15.9 Å². The van der Waals surface area contributed by atoms with Gasteiger partial charge in [0.25, 0.3) is 0 Å². The molecule has 3 aromatic rings. The van der Waals surface area contributed by atoms with E-state index in [0.717, 1.165) is 5.39 Å². The Morgan fingerprint density at radius 2 is 2.05 bits per heavy atom. The molecule has 2 aromatic carbocycles. The molecule has 112 valence electrons. The Bertz CT molecular complexity index is 860. The second-order valence-electron chi connectivity index (χ2n) is 4.45. The van der Waals surface area contributed by atoms with Crippen molar-refractivity contribution in [2.75, 3.05) is 12.4 Å². The van der Waals surface area contributed by atoms with Crippen LogP contribution < -0.4 is 10.1 Å². The quantitative estimate of drug-likeness (QED) is 0.652. The van der Waals surface area contributed by atoms with Crippen LogP contribution in [0, 0.1) is 5.82 Å². The van der Waals surface area contributed by atoms with E-state index in [1.807, 2.05) is 6.07 Å². The Morgan fingerprint density at radius 1 is 1.23 bits per heavy atom. The summed E-state index contributed by atoms with van der Waals surface area (Å²) < 4.78 is 19.8. The van der Waals surface area contributed by atoms with Crippen molar-refractivity contribution in [3.8, 4) is 5.75 Å². The summed E-state index contributed by atoms with van der Waals surface area (Å²) in [7, 11) is 1.58. The number of aromatic nitrogens is 2. The van der Waals surface area contributed by atoms with E-state index in [4.69, 9.17) is 16.3 Å². The molecular weight excluding hydrogens is 373 g/mol. The molecule has 7 heteroatoms. The third-order valence-electron chi connectivity index (χ3n) is 3.13. The Labute approximate surface area is 139 Å². The van der Waals surface area contributed by atoms with Crippen molar-refractivity contribution in [3.63, 3.8) is 0 Å². The number of rotatable bonds is 3. The molecular formula is C15H10BrClFN3O.